The molecule has 4 rings (SSSR count). The number of fused-ring (bicyclic) bond motifs is 1. The summed E-state index contributed by atoms with van der Waals surface area (Å²) in [6, 6.07) is 5.75. The number of hydrogen-bond donors (Lipinski definition) is 1. The Labute approximate surface area is 115 Å². The maximum absolute atomic E-state index is 5.40. The minimum atomic E-state index is 0.402. The number of aromatic amines is 1. The third-order valence-corrected chi connectivity index (χ3v) is 3.96. The average Bonchev–Trinajstić information content (AvgIpc) is 3.04. The second kappa shape index (κ2) is 3.88. The van der Waals surface area contributed by atoms with Crippen molar-refractivity contribution < 1.29 is 4.52 Å². The second-order valence-corrected chi connectivity index (χ2v) is 6.25. The van der Waals surface area contributed by atoms with Gasteiger partial charge in [-0.15, -0.1) is 0 Å². The number of aromatic nitrogens is 5. The third kappa shape index (κ3) is 1.79. The lowest BCUT2D eigenvalue weighted by atomic mass is 9.64. The molecule has 2 heterocycles. The zero-order valence-electron chi connectivity index (χ0n) is 11.4. The van der Waals surface area contributed by atoms with Crippen molar-refractivity contribution in [2.45, 2.75) is 32.6 Å². The minimum absolute atomic E-state index is 0.402. The van der Waals surface area contributed by atoms with E-state index in [1.54, 1.807) is 0 Å². The van der Waals surface area contributed by atoms with E-state index in [0.29, 0.717) is 17.2 Å². The summed E-state index contributed by atoms with van der Waals surface area (Å²) in [5.41, 5.74) is 2.94. The number of nitrogens with zero attached hydrogens (tertiary/aromatic N) is 4. The molecular weight excluding hydrogens is 254 g/mol. The molecule has 1 saturated carbocycles. The normalized spacial score (nSPS) is 18.3. The van der Waals surface area contributed by atoms with Gasteiger partial charge in [0.2, 0.25) is 11.7 Å². The lowest BCUT2D eigenvalue weighted by Crippen LogP contribution is -2.29. The Morgan fingerprint density at radius 2 is 2.00 bits per heavy atom. The number of rotatable bonds is 2. The van der Waals surface area contributed by atoms with Gasteiger partial charge in [-0.2, -0.15) is 20.4 Å². The highest BCUT2D eigenvalue weighted by Crippen LogP contribution is 2.50. The van der Waals surface area contributed by atoms with E-state index < -0.39 is 0 Å². The van der Waals surface area contributed by atoms with Crippen molar-refractivity contribution in [2.75, 3.05) is 0 Å². The van der Waals surface area contributed by atoms with Crippen LogP contribution in [0.15, 0.2) is 22.7 Å². The zero-order valence-corrected chi connectivity index (χ0v) is 11.4. The van der Waals surface area contributed by atoms with Gasteiger partial charge in [0.25, 0.3) is 0 Å². The van der Waals surface area contributed by atoms with Crippen molar-refractivity contribution in [1.82, 2.24) is 25.6 Å². The molecule has 0 bridgehead atoms. The number of benzene rings is 1. The first-order valence-electron chi connectivity index (χ1n) is 6.75. The molecule has 0 amide bonds. The molecule has 0 radical (unpaired) electrons. The third-order valence-electron chi connectivity index (χ3n) is 3.96. The Hall–Kier alpha value is -2.24. The van der Waals surface area contributed by atoms with Crippen molar-refractivity contribution >= 4 is 11.0 Å². The van der Waals surface area contributed by atoms with Gasteiger partial charge < -0.3 is 4.52 Å². The van der Waals surface area contributed by atoms with E-state index in [-0.39, 0.29) is 0 Å². The molecule has 102 valence electrons. The first-order valence-corrected chi connectivity index (χ1v) is 6.75. The van der Waals surface area contributed by atoms with Crippen LogP contribution in [0.1, 0.15) is 38.5 Å². The predicted octanol–water partition coefficient (Wildman–Crippen LogP) is 2.91. The molecule has 20 heavy (non-hydrogen) atoms. The minimum Gasteiger partial charge on any atom is -0.339 e. The summed E-state index contributed by atoms with van der Waals surface area (Å²) < 4.78 is 5.40. The summed E-state index contributed by atoms with van der Waals surface area (Å²) in [5, 5.41) is 14.8. The molecule has 0 unspecified atom stereocenters. The molecule has 1 aromatic carbocycles. The first kappa shape index (κ1) is 11.6. The van der Waals surface area contributed by atoms with Gasteiger partial charge in [-0.05, 0) is 36.5 Å². The Balaban J connectivity index is 1.64. The van der Waals surface area contributed by atoms with Crippen LogP contribution < -0.4 is 0 Å². The summed E-state index contributed by atoms with van der Waals surface area (Å²) in [4.78, 5) is 4.52. The highest BCUT2D eigenvalue weighted by atomic mass is 16.5. The molecule has 6 nitrogen and oxygen atoms in total. The zero-order chi connectivity index (χ0) is 13.7. The van der Waals surface area contributed by atoms with E-state index in [9.17, 15) is 0 Å². The van der Waals surface area contributed by atoms with Gasteiger partial charge >= 0.3 is 0 Å². The van der Waals surface area contributed by atoms with E-state index >= 15 is 0 Å². The highest BCUT2D eigenvalue weighted by molar-refractivity contribution is 5.79. The van der Waals surface area contributed by atoms with Crippen LogP contribution in [0.3, 0.4) is 0 Å². The van der Waals surface area contributed by atoms with Gasteiger partial charge in [0.05, 0.1) is 0 Å². The summed E-state index contributed by atoms with van der Waals surface area (Å²) in [6.45, 7) is 4.53. The van der Waals surface area contributed by atoms with Crippen LogP contribution in [0.25, 0.3) is 22.4 Å². The van der Waals surface area contributed by atoms with Gasteiger partial charge in [0, 0.05) is 11.5 Å². The summed E-state index contributed by atoms with van der Waals surface area (Å²) in [5.74, 6) is 1.77. The summed E-state index contributed by atoms with van der Waals surface area (Å²) in [7, 11) is 0. The lowest BCUT2D eigenvalue weighted by Gasteiger charge is -2.40. The predicted molar refractivity (Wildman–Crippen MR) is 72.9 cm³/mol. The Morgan fingerprint density at radius 3 is 2.80 bits per heavy atom. The molecule has 6 heteroatoms. The molecule has 1 N–H and O–H groups in total. The molecule has 1 aliphatic carbocycles. The van der Waals surface area contributed by atoms with E-state index in [4.69, 9.17) is 4.52 Å². The average molecular weight is 269 g/mol. The molecule has 0 saturated heterocycles. The smallest absolute Gasteiger partial charge is 0.230 e. The standard InChI is InChI=1S/C14H15N5O/c1-14(2)6-9(7-14)13-15-12(18-20-13)8-3-4-10-11(5-8)17-19-16-10/h3-5,9H,6-7H2,1-2H3,(H,16,17,19). The van der Waals surface area contributed by atoms with Gasteiger partial charge in [0.1, 0.15) is 11.0 Å². The second-order valence-electron chi connectivity index (χ2n) is 6.25. The SMILES string of the molecule is CC1(C)CC(c2nc(-c3ccc4n[nH]nc4c3)no2)C1. The number of H-pyrrole nitrogens is 1. The first-order chi connectivity index (χ1) is 9.61. The van der Waals surface area contributed by atoms with Gasteiger partial charge in [-0.1, -0.05) is 19.0 Å². The largest absolute Gasteiger partial charge is 0.339 e. The van der Waals surface area contributed by atoms with Crippen molar-refractivity contribution in [3.8, 4) is 11.4 Å². The molecule has 2 aromatic heterocycles. The van der Waals surface area contributed by atoms with Crippen LogP contribution in [0, 0.1) is 5.41 Å². The van der Waals surface area contributed by atoms with E-state index in [1.807, 2.05) is 18.2 Å². The monoisotopic (exact) mass is 269 g/mol. The lowest BCUT2D eigenvalue weighted by molar-refractivity contribution is 0.124. The van der Waals surface area contributed by atoms with Gasteiger partial charge in [0.15, 0.2) is 0 Å². The van der Waals surface area contributed by atoms with Crippen molar-refractivity contribution in [3.63, 3.8) is 0 Å². The molecular formula is C14H15N5O. The van der Waals surface area contributed by atoms with Crippen molar-refractivity contribution in [3.05, 3.63) is 24.1 Å². The fourth-order valence-corrected chi connectivity index (χ4v) is 2.95. The summed E-state index contributed by atoms with van der Waals surface area (Å²) in [6.07, 6.45) is 2.22. The van der Waals surface area contributed by atoms with Crippen LogP contribution in [-0.4, -0.2) is 25.6 Å². The van der Waals surface area contributed by atoms with E-state index in [0.717, 1.165) is 35.3 Å². The molecule has 3 aromatic rings. The fourth-order valence-electron chi connectivity index (χ4n) is 2.95. The van der Waals surface area contributed by atoms with Crippen LogP contribution in [-0.2, 0) is 0 Å². The molecule has 0 atom stereocenters. The fraction of sp³-hybridized carbons (Fsp3) is 0.429. The molecule has 0 spiro atoms. The van der Waals surface area contributed by atoms with E-state index in [1.165, 1.54) is 0 Å². The van der Waals surface area contributed by atoms with Gasteiger partial charge in [-0.25, -0.2) is 0 Å². The Morgan fingerprint density at radius 1 is 1.20 bits per heavy atom. The van der Waals surface area contributed by atoms with Crippen LogP contribution in [0.4, 0.5) is 0 Å². The Kier molecular flexibility index (Phi) is 2.24. The van der Waals surface area contributed by atoms with Crippen molar-refractivity contribution in [1.29, 1.82) is 0 Å². The van der Waals surface area contributed by atoms with Crippen molar-refractivity contribution in [2.24, 2.45) is 5.41 Å². The molecule has 1 fully saturated rings. The van der Waals surface area contributed by atoms with Crippen LogP contribution in [0.5, 0.6) is 0 Å². The number of hydrogen-bond acceptors (Lipinski definition) is 5. The van der Waals surface area contributed by atoms with Gasteiger partial charge in [-0.3, -0.25) is 0 Å². The summed E-state index contributed by atoms with van der Waals surface area (Å²) >= 11 is 0. The van der Waals surface area contributed by atoms with Crippen LogP contribution in [0.2, 0.25) is 0 Å². The topological polar surface area (TPSA) is 80.5 Å². The maximum atomic E-state index is 5.40. The maximum Gasteiger partial charge on any atom is 0.230 e. The highest BCUT2D eigenvalue weighted by Gasteiger charge is 2.40. The Bertz CT molecular complexity index is 765. The molecule has 1 aliphatic rings. The quantitative estimate of drug-likeness (QED) is 0.773. The number of nitrogens with one attached hydrogen (secondary N) is 1. The van der Waals surface area contributed by atoms with E-state index in [2.05, 4.69) is 39.4 Å². The molecule has 0 aliphatic heterocycles. The van der Waals surface area contributed by atoms with Crippen LogP contribution >= 0.6 is 0 Å².